The highest BCUT2D eigenvalue weighted by molar-refractivity contribution is 6.82. The van der Waals surface area contributed by atoms with Crippen LogP contribution in [0.4, 0.5) is 0 Å². The van der Waals surface area contributed by atoms with Crippen LogP contribution in [-0.4, -0.2) is 26.3 Å². The maximum Gasteiger partial charge on any atom is 0.496 e. The number of hydrogen-bond donors (Lipinski definition) is 0. The quantitative estimate of drug-likeness (QED) is 0.775. The van der Waals surface area contributed by atoms with Gasteiger partial charge in [-0.3, -0.25) is 9.59 Å². The van der Waals surface area contributed by atoms with E-state index in [2.05, 4.69) is 0 Å². The van der Waals surface area contributed by atoms with E-state index < -0.39 is 26.3 Å². The van der Waals surface area contributed by atoms with Crippen LogP contribution in [0.2, 0.25) is 6.55 Å². The highest BCUT2D eigenvalue weighted by atomic mass is 28.4. The first-order valence-corrected chi connectivity index (χ1v) is 10.2. The van der Waals surface area contributed by atoms with Gasteiger partial charge in [0.15, 0.2) is 0 Å². The van der Waals surface area contributed by atoms with Crippen LogP contribution in [0.25, 0.3) is 0 Å². The van der Waals surface area contributed by atoms with Gasteiger partial charge < -0.3 is 18.3 Å². The van der Waals surface area contributed by atoms with Crippen LogP contribution >= 0.6 is 0 Å². The largest absolute Gasteiger partial charge is 0.496 e. The molecule has 1 aromatic rings. The van der Waals surface area contributed by atoms with Crippen molar-refractivity contribution < 1.29 is 27.9 Å². The molecule has 132 valence electrons. The zero-order chi connectivity index (χ0) is 18.1. The summed E-state index contributed by atoms with van der Waals surface area (Å²) in [5.74, 6) is -0.734. The third-order valence-electron chi connectivity index (χ3n) is 4.14. The van der Waals surface area contributed by atoms with E-state index in [0.717, 1.165) is 11.3 Å². The van der Waals surface area contributed by atoms with Crippen LogP contribution in [0.15, 0.2) is 18.2 Å². The van der Waals surface area contributed by atoms with E-state index in [1.54, 1.807) is 12.6 Å². The molecule has 6 nitrogen and oxygen atoms in total. The molecule has 1 aromatic carbocycles. The van der Waals surface area contributed by atoms with Gasteiger partial charge >= 0.3 is 8.56 Å². The fourth-order valence-corrected chi connectivity index (χ4v) is 4.71. The fourth-order valence-electron chi connectivity index (χ4n) is 2.51. The van der Waals surface area contributed by atoms with Gasteiger partial charge in [0.1, 0.15) is 5.75 Å². The van der Waals surface area contributed by atoms with Crippen molar-refractivity contribution in [3.63, 3.8) is 0 Å². The summed E-state index contributed by atoms with van der Waals surface area (Å²) in [6.45, 7) is 10.6. The lowest BCUT2D eigenvalue weighted by Crippen LogP contribution is -2.53. The molecule has 0 aromatic heterocycles. The minimum Gasteiger partial charge on any atom is -0.482 e. The first-order valence-electron chi connectivity index (χ1n) is 7.91. The van der Waals surface area contributed by atoms with Gasteiger partial charge in [0.2, 0.25) is 5.79 Å². The predicted molar refractivity (Wildman–Crippen MR) is 89.9 cm³/mol. The van der Waals surface area contributed by atoms with Crippen LogP contribution in [0, 0.1) is 5.92 Å². The van der Waals surface area contributed by atoms with Crippen molar-refractivity contribution in [2.45, 2.75) is 53.6 Å². The second-order valence-electron chi connectivity index (χ2n) is 6.52. The van der Waals surface area contributed by atoms with Crippen LogP contribution in [0.1, 0.15) is 40.2 Å². The topological polar surface area (TPSA) is 71.1 Å². The molecular formula is C17H24O6Si. The molecule has 1 atom stereocenters. The van der Waals surface area contributed by atoms with Crippen molar-refractivity contribution in [3.05, 3.63) is 23.8 Å². The summed E-state index contributed by atoms with van der Waals surface area (Å²) in [5.41, 5.74) is 0.837. The van der Waals surface area contributed by atoms with Crippen molar-refractivity contribution in [1.82, 2.24) is 0 Å². The Balaban J connectivity index is 2.36. The number of fused-ring (bicyclic) bond motifs is 1. The van der Waals surface area contributed by atoms with Gasteiger partial charge in [-0.2, -0.15) is 0 Å². The van der Waals surface area contributed by atoms with Crippen molar-refractivity contribution in [1.29, 1.82) is 0 Å². The minimum absolute atomic E-state index is 0.187. The van der Waals surface area contributed by atoms with Crippen molar-refractivity contribution in [3.8, 4) is 5.75 Å². The van der Waals surface area contributed by atoms with E-state index in [1.165, 1.54) is 13.8 Å². The smallest absolute Gasteiger partial charge is 0.482 e. The summed E-state index contributed by atoms with van der Waals surface area (Å²) in [5, 5.41) is 0.673. The lowest BCUT2D eigenvalue weighted by atomic mass is 10.0. The highest BCUT2D eigenvalue weighted by Crippen LogP contribution is 2.35. The first kappa shape index (κ1) is 18.5. The van der Waals surface area contributed by atoms with Gasteiger partial charge in [0.25, 0.3) is 11.9 Å². The molecule has 1 heterocycles. The molecule has 0 N–H and O–H groups in total. The maximum atomic E-state index is 11.4. The Morgan fingerprint density at radius 3 is 2.29 bits per heavy atom. The third kappa shape index (κ3) is 3.79. The van der Waals surface area contributed by atoms with Crippen molar-refractivity contribution in [2.75, 3.05) is 0 Å². The zero-order valence-electron chi connectivity index (χ0n) is 15.0. The van der Waals surface area contributed by atoms with Crippen molar-refractivity contribution >= 4 is 25.7 Å². The number of hydrogen-bond acceptors (Lipinski definition) is 6. The Kier molecular flexibility index (Phi) is 5.05. The normalized spacial score (nSPS) is 20.1. The fraction of sp³-hybridized carbons (Fsp3) is 0.529. The van der Waals surface area contributed by atoms with E-state index >= 15 is 0 Å². The summed E-state index contributed by atoms with van der Waals surface area (Å²) in [6.07, 6.45) is 0. The number of carbonyl (C=O) groups excluding carboxylic acids is 2. The SMILES string of the molecule is CC(=O)O[Si](C)(OC(C)=O)c1ccc2c(c1)COC(C)(C(C)C)O2. The second-order valence-corrected chi connectivity index (χ2v) is 9.39. The first-order chi connectivity index (χ1) is 11.1. The number of carbonyl (C=O) groups is 2. The van der Waals surface area contributed by atoms with E-state index in [4.69, 9.17) is 18.3 Å². The Bertz CT molecular complexity index is 640. The van der Waals surface area contributed by atoms with Gasteiger partial charge in [-0.15, -0.1) is 0 Å². The van der Waals surface area contributed by atoms with Gasteiger partial charge in [-0.25, -0.2) is 0 Å². The zero-order valence-corrected chi connectivity index (χ0v) is 16.0. The molecule has 0 radical (unpaired) electrons. The molecule has 1 aliphatic rings. The Hall–Kier alpha value is -1.86. The average Bonchev–Trinajstić information content (AvgIpc) is 2.44. The average molecular weight is 352 g/mol. The van der Waals surface area contributed by atoms with Gasteiger partial charge in [0, 0.05) is 44.0 Å². The molecule has 1 unspecified atom stereocenters. The second kappa shape index (κ2) is 6.56. The molecule has 1 aliphatic heterocycles. The van der Waals surface area contributed by atoms with E-state index in [0.29, 0.717) is 11.8 Å². The molecular weight excluding hydrogens is 328 g/mol. The molecule has 0 amide bonds. The summed E-state index contributed by atoms with van der Waals surface area (Å²) in [6, 6.07) is 5.42. The number of benzene rings is 1. The minimum atomic E-state index is -3.18. The Morgan fingerprint density at radius 2 is 1.79 bits per heavy atom. The monoisotopic (exact) mass is 352 g/mol. The highest BCUT2D eigenvalue weighted by Gasteiger charge is 2.43. The van der Waals surface area contributed by atoms with E-state index in [9.17, 15) is 9.59 Å². The number of ether oxygens (including phenoxy) is 2. The van der Waals surface area contributed by atoms with Crippen LogP contribution in [0.5, 0.6) is 5.75 Å². The molecule has 7 heteroatoms. The molecule has 24 heavy (non-hydrogen) atoms. The predicted octanol–water partition coefficient (Wildman–Crippen LogP) is 2.37. The molecule has 0 saturated heterocycles. The summed E-state index contributed by atoms with van der Waals surface area (Å²) < 4.78 is 22.6. The summed E-state index contributed by atoms with van der Waals surface area (Å²) in [4.78, 5) is 22.9. The van der Waals surface area contributed by atoms with Crippen LogP contribution in [-0.2, 0) is 29.8 Å². The lowest BCUT2D eigenvalue weighted by Gasteiger charge is -2.39. The van der Waals surface area contributed by atoms with Crippen LogP contribution < -0.4 is 9.92 Å². The van der Waals surface area contributed by atoms with Gasteiger partial charge in [-0.05, 0) is 12.1 Å². The lowest BCUT2D eigenvalue weighted by molar-refractivity contribution is -0.219. The Morgan fingerprint density at radius 1 is 1.21 bits per heavy atom. The molecule has 0 bridgehead atoms. The summed E-state index contributed by atoms with van der Waals surface area (Å²) >= 11 is 0. The van der Waals surface area contributed by atoms with Crippen LogP contribution in [0.3, 0.4) is 0 Å². The molecule has 0 saturated carbocycles. The Labute approximate surface area is 143 Å². The molecule has 0 aliphatic carbocycles. The molecule has 0 fully saturated rings. The van der Waals surface area contributed by atoms with Gasteiger partial charge in [0.05, 0.1) is 6.61 Å². The summed E-state index contributed by atoms with van der Waals surface area (Å²) in [7, 11) is -3.18. The maximum absolute atomic E-state index is 11.4. The molecule has 0 spiro atoms. The molecule has 2 rings (SSSR count). The number of rotatable bonds is 4. The van der Waals surface area contributed by atoms with Gasteiger partial charge in [-0.1, -0.05) is 19.9 Å². The van der Waals surface area contributed by atoms with E-state index in [-0.39, 0.29) is 5.92 Å². The standard InChI is InChI=1S/C17H24O6Si/c1-11(2)17(5)20-10-14-9-15(7-8-16(14)21-17)24(6,22-12(3)18)23-13(4)19/h7-9,11H,10H2,1-6H3. The van der Waals surface area contributed by atoms with Crippen molar-refractivity contribution in [2.24, 2.45) is 5.92 Å². The third-order valence-corrected chi connectivity index (χ3v) is 6.85. The van der Waals surface area contributed by atoms with E-state index in [1.807, 2.05) is 32.9 Å².